The lowest BCUT2D eigenvalue weighted by Gasteiger charge is -2.35. The number of nitrogens with one attached hydrogen (secondary N) is 1. The fourth-order valence-corrected chi connectivity index (χ4v) is 2.90. The lowest BCUT2D eigenvalue weighted by Crippen LogP contribution is -2.48. The number of para-hydroxylation sites is 1. The van der Waals surface area contributed by atoms with Gasteiger partial charge in [0, 0.05) is 31.9 Å². The standard InChI is InChI=1S/C19H22FN3O/c1-15-6-8-16(9-7-15)21-19(24)14-22-10-12-23(13-11-22)18-5-3-2-4-17(18)20/h2-9H,10-14H2,1H3,(H,21,24). The zero-order chi connectivity index (χ0) is 16.9. The molecular weight excluding hydrogens is 305 g/mol. The highest BCUT2D eigenvalue weighted by Crippen LogP contribution is 2.20. The minimum absolute atomic E-state index is 0.0156. The molecule has 4 nitrogen and oxygen atoms in total. The first-order valence-corrected chi connectivity index (χ1v) is 8.20. The van der Waals surface area contributed by atoms with Crippen molar-refractivity contribution in [1.29, 1.82) is 0 Å². The normalized spacial score (nSPS) is 15.3. The predicted molar refractivity (Wildman–Crippen MR) is 94.9 cm³/mol. The Hall–Kier alpha value is -2.40. The Balaban J connectivity index is 1.49. The summed E-state index contributed by atoms with van der Waals surface area (Å²) < 4.78 is 13.8. The fraction of sp³-hybridized carbons (Fsp3) is 0.316. The van der Waals surface area contributed by atoms with E-state index in [1.54, 1.807) is 12.1 Å². The minimum atomic E-state index is -0.192. The topological polar surface area (TPSA) is 35.6 Å². The summed E-state index contributed by atoms with van der Waals surface area (Å²) in [6.45, 7) is 5.31. The van der Waals surface area contributed by atoms with Gasteiger partial charge in [-0.1, -0.05) is 29.8 Å². The first-order valence-electron chi connectivity index (χ1n) is 8.20. The van der Waals surface area contributed by atoms with E-state index in [2.05, 4.69) is 10.2 Å². The van der Waals surface area contributed by atoms with E-state index >= 15 is 0 Å². The molecule has 5 heteroatoms. The van der Waals surface area contributed by atoms with Gasteiger partial charge in [0.1, 0.15) is 5.82 Å². The van der Waals surface area contributed by atoms with Gasteiger partial charge >= 0.3 is 0 Å². The second-order valence-corrected chi connectivity index (χ2v) is 6.13. The van der Waals surface area contributed by atoms with Crippen molar-refractivity contribution in [2.24, 2.45) is 0 Å². The van der Waals surface area contributed by atoms with Gasteiger partial charge in [-0.25, -0.2) is 4.39 Å². The quantitative estimate of drug-likeness (QED) is 0.938. The minimum Gasteiger partial charge on any atom is -0.367 e. The Labute approximate surface area is 141 Å². The van der Waals surface area contributed by atoms with Crippen molar-refractivity contribution in [2.75, 3.05) is 42.9 Å². The van der Waals surface area contributed by atoms with Crippen molar-refractivity contribution in [3.63, 3.8) is 0 Å². The average molecular weight is 327 g/mol. The molecule has 1 aliphatic heterocycles. The van der Waals surface area contributed by atoms with Crippen molar-refractivity contribution in [1.82, 2.24) is 4.90 Å². The number of hydrogen-bond acceptors (Lipinski definition) is 3. The third kappa shape index (κ3) is 4.11. The molecule has 0 bridgehead atoms. The maximum Gasteiger partial charge on any atom is 0.238 e. The van der Waals surface area contributed by atoms with Crippen LogP contribution in [0.3, 0.4) is 0 Å². The number of carbonyl (C=O) groups is 1. The SMILES string of the molecule is Cc1ccc(NC(=O)CN2CCN(c3ccccc3F)CC2)cc1. The maximum atomic E-state index is 13.8. The molecule has 3 rings (SSSR count). The molecule has 24 heavy (non-hydrogen) atoms. The Morgan fingerprint density at radius 1 is 1.04 bits per heavy atom. The van der Waals surface area contributed by atoms with Gasteiger partial charge in [0.05, 0.1) is 12.2 Å². The number of rotatable bonds is 4. The summed E-state index contributed by atoms with van der Waals surface area (Å²) in [6, 6.07) is 14.6. The van der Waals surface area contributed by atoms with Gasteiger partial charge in [0.15, 0.2) is 0 Å². The lowest BCUT2D eigenvalue weighted by molar-refractivity contribution is -0.117. The van der Waals surface area contributed by atoms with E-state index in [-0.39, 0.29) is 11.7 Å². The molecular formula is C19H22FN3O. The molecule has 0 unspecified atom stereocenters. The highest BCUT2D eigenvalue weighted by Gasteiger charge is 2.20. The molecule has 0 aromatic heterocycles. The van der Waals surface area contributed by atoms with E-state index in [0.29, 0.717) is 12.2 Å². The number of benzene rings is 2. The molecule has 1 aliphatic rings. The molecule has 1 N–H and O–H groups in total. The Morgan fingerprint density at radius 3 is 2.38 bits per heavy atom. The number of nitrogens with zero attached hydrogens (tertiary/aromatic N) is 2. The highest BCUT2D eigenvalue weighted by molar-refractivity contribution is 5.92. The van der Waals surface area contributed by atoms with Gasteiger partial charge in [-0.2, -0.15) is 0 Å². The number of amides is 1. The van der Waals surface area contributed by atoms with Crippen LogP contribution in [0.4, 0.5) is 15.8 Å². The van der Waals surface area contributed by atoms with Crippen LogP contribution in [-0.4, -0.2) is 43.5 Å². The van der Waals surface area contributed by atoms with E-state index < -0.39 is 0 Å². The second-order valence-electron chi connectivity index (χ2n) is 6.13. The zero-order valence-electron chi connectivity index (χ0n) is 13.8. The van der Waals surface area contributed by atoms with E-state index in [4.69, 9.17) is 0 Å². The van der Waals surface area contributed by atoms with Gasteiger partial charge < -0.3 is 10.2 Å². The van der Waals surface area contributed by atoms with Crippen LogP contribution in [-0.2, 0) is 4.79 Å². The number of hydrogen-bond donors (Lipinski definition) is 1. The summed E-state index contributed by atoms with van der Waals surface area (Å²) >= 11 is 0. The largest absolute Gasteiger partial charge is 0.367 e. The molecule has 2 aromatic rings. The number of halogens is 1. The van der Waals surface area contributed by atoms with Crippen LogP contribution in [0.2, 0.25) is 0 Å². The van der Waals surface area contributed by atoms with Gasteiger partial charge in [-0.15, -0.1) is 0 Å². The van der Waals surface area contributed by atoms with Gasteiger partial charge in [0.2, 0.25) is 5.91 Å². The number of anilines is 2. The van der Waals surface area contributed by atoms with Crippen molar-refractivity contribution < 1.29 is 9.18 Å². The Morgan fingerprint density at radius 2 is 1.71 bits per heavy atom. The molecule has 1 amide bonds. The molecule has 1 saturated heterocycles. The summed E-state index contributed by atoms with van der Waals surface area (Å²) in [5.41, 5.74) is 2.62. The van der Waals surface area contributed by atoms with Gasteiger partial charge in [-0.3, -0.25) is 9.69 Å². The first kappa shape index (κ1) is 16.5. The van der Waals surface area contributed by atoms with Crippen LogP contribution in [0.15, 0.2) is 48.5 Å². The molecule has 126 valence electrons. The van der Waals surface area contributed by atoms with Crippen LogP contribution in [0.25, 0.3) is 0 Å². The molecule has 0 radical (unpaired) electrons. The van der Waals surface area contributed by atoms with E-state index in [1.165, 1.54) is 6.07 Å². The number of carbonyl (C=O) groups excluding carboxylic acids is 1. The Bertz CT molecular complexity index is 694. The van der Waals surface area contributed by atoms with Crippen LogP contribution in [0.1, 0.15) is 5.56 Å². The molecule has 0 saturated carbocycles. The maximum absolute atomic E-state index is 13.8. The van der Waals surface area contributed by atoms with Gasteiger partial charge in [-0.05, 0) is 31.2 Å². The Kier molecular flexibility index (Phi) is 5.11. The summed E-state index contributed by atoms with van der Waals surface area (Å²) in [7, 11) is 0. The van der Waals surface area contributed by atoms with Crippen LogP contribution < -0.4 is 10.2 Å². The van der Waals surface area contributed by atoms with E-state index in [0.717, 1.165) is 37.4 Å². The van der Waals surface area contributed by atoms with Crippen molar-refractivity contribution in [3.8, 4) is 0 Å². The van der Waals surface area contributed by atoms with E-state index in [1.807, 2.05) is 42.2 Å². The monoisotopic (exact) mass is 327 g/mol. The zero-order valence-corrected chi connectivity index (χ0v) is 13.8. The predicted octanol–water partition coefficient (Wildman–Crippen LogP) is 2.89. The molecule has 1 fully saturated rings. The average Bonchev–Trinajstić information content (AvgIpc) is 2.58. The molecule has 1 heterocycles. The second kappa shape index (κ2) is 7.45. The van der Waals surface area contributed by atoms with Crippen LogP contribution >= 0.6 is 0 Å². The number of aryl methyl sites for hydroxylation is 1. The summed E-state index contributed by atoms with van der Waals surface area (Å²) in [4.78, 5) is 16.3. The third-order valence-corrected chi connectivity index (χ3v) is 4.27. The highest BCUT2D eigenvalue weighted by atomic mass is 19.1. The van der Waals surface area contributed by atoms with E-state index in [9.17, 15) is 9.18 Å². The van der Waals surface area contributed by atoms with Gasteiger partial charge in [0.25, 0.3) is 0 Å². The summed E-state index contributed by atoms with van der Waals surface area (Å²) in [5.74, 6) is -0.207. The first-order chi connectivity index (χ1) is 11.6. The smallest absolute Gasteiger partial charge is 0.238 e. The van der Waals surface area contributed by atoms with Crippen molar-refractivity contribution in [2.45, 2.75) is 6.92 Å². The molecule has 2 aromatic carbocycles. The summed E-state index contributed by atoms with van der Waals surface area (Å²) in [5, 5.41) is 2.91. The molecule has 0 atom stereocenters. The summed E-state index contributed by atoms with van der Waals surface area (Å²) in [6.07, 6.45) is 0. The van der Waals surface area contributed by atoms with Crippen molar-refractivity contribution >= 4 is 17.3 Å². The number of piperazine rings is 1. The fourth-order valence-electron chi connectivity index (χ4n) is 2.90. The van der Waals surface area contributed by atoms with Crippen LogP contribution in [0, 0.1) is 12.7 Å². The van der Waals surface area contributed by atoms with Crippen molar-refractivity contribution in [3.05, 3.63) is 59.9 Å². The molecule has 0 spiro atoms. The van der Waals surface area contributed by atoms with Crippen LogP contribution in [0.5, 0.6) is 0 Å². The third-order valence-electron chi connectivity index (χ3n) is 4.27. The lowest BCUT2D eigenvalue weighted by atomic mass is 10.2. The molecule has 0 aliphatic carbocycles.